The Morgan fingerprint density at radius 2 is 1.84 bits per heavy atom. The molecule has 25 heavy (non-hydrogen) atoms. The number of aryl methyl sites for hydroxylation is 1. The van der Waals surface area contributed by atoms with Gasteiger partial charge in [0.25, 0.3) is 5.91 Å². The van der Waals surface area contributed by atoms with E-state index in [9.17, 15) is 4.79 Å². The summed E-state index contributed by atoms with van der Waals surface area (Å²) in [5.41, 5.74) is 2.80. The molecule has 1 aromatic heterocycles. The molecule has 0 unspecified atom stereocenters. The fraction of sp³-hybridized carbons (Fsp3) is 0.200. The van der Waals surface area contributed by atoms with E-state index in [4.69, 9.17) is 0 Å². The van der Waals surface area contributed by atoms with Crippen molar-refractivity contribution >= 4 is 23.4 Å². The molecule has 5 heteroatoms. The summed E-state index contributed by atoms with van der Waals surface area (Å²) < 4.78 is 2.00. The summed E-state index contributed by atoms with van der Waals surface area (Å²) in [5.74, 6) is 0.854. The lowest BCUT2D eigenvalue weighted by atomic mass is 10.1. The van der Waals surface area contributed by atoms with Crippen LogP contribution in [0, 0.1) is 0 Å². The summed E-state index contributed by atoms with van der Waals surface area (Å²) in [6.07, 6.45) is 3.74. The molecule has 0 fully saturated rings. The predicted molar refractivity (Wildman–Crippen MR) is 103 cm³/mol. The van der Waals surface area contributed by atoms with Crippen LogP contribution in [-0.4, -0.2) is 22.0 Å². The van der Waals surface area contributed by atoms with Crippen LogP contribution in [-0.2, 0) is 12.8 Å². The van der Waals surface area contributed by atoms with E-state index in [0.717, 1.165) is 16.6 Å². The van der Waals surface area contributed by atoms with E-state index in [1.165, 1.54) is 5.56 Å². The lowest BCUT2D eigenvalue weighted by Crippen LogP contribution is -2.30. The summed E-state index contributed by atoms with van der Waals surface area (Å²) in [5, 5.41) is 0.987. The number of benzene rings is 2. The van der Waals surface area contributed by atoms with Gasteiger partial charge in [0, 0.05) is 43.0 Å². The summed E-state index contributed by atoms with van der Waals surface area (Å²) in [6, 6.07) is 17.6. The van der Waals surface area contributed by atoms with Gasteiger partial charge in [0.1, 0.15) is 0 Å². The first-order valence-corrected chi connectivity index (χ1v) is 9.23. The number of anilines is 1. The Bertz CT molecular complexity index is 828. The number of thioether (sulfide) groups is 1. The van der Waals surface area contributed by atoms with E-state index in [2.05, 4.69) is 4.98 Å². The van der Waals surface area contributed by atoms with E-state index in [1.807, 2.05) is 79.3 Å². The standard InChI is InChI=1S/C20H21N3OS/c1-3-23(18-7-5-4-6-8-18)19(24)17-11-9-16(10-12-17)15-25-20-21-13-14-22(20)2/h4-14H,3,15H2,1-2H3. The zero-order valence-electron chi connectivity index (χ0n) is 14.4. The van der Waals surface area contributed by atoms with E-state index >= 15 is 0 Å². The Morgan fingerprint density at radius 1 is 1.12 bits per heavy atom. The minimum atomic E-state index is 0.0250. The number of rotatable bonds is 6. The van der Waals surface area contributed by atoms with E-state index in [1.54, 1.807) is 22.9 Å². The first kappa shape index (κ1) is 17.3. The van der Waals surface area contributed by atoms with Crippen molar-refractivity contribution in [2.24, 2.45) is 7.05 Å². The van der Waals surface area contributed by atoms with E-state index < -0.39 is 0 Å². The topological polar surface area (TPSA) is 38.1 Å². The van der Waals surface area contributed by atoms with Gasteiger partial charge in [-0.05, 0) is 36.8 Å². The van der Waals surface area contributed by atoms with Crippen LogP contribution in [0.25, 0.3) is 0 Å². The second-order valence-electron chi connectivity index (χ2n) is 5.69. The van der Waals surface area contributed by atoms with Crippen molar-refractivity contribution < 1.29 is 4.79 Å². The second kappa shape index (κ2) is 8.03. The number of aromatic nitrogens is 2. The molecule has 128 valence electrons. The molecule has 0 saturated carbocycles. The van der Waals surface area contributed by atoms with Crippen molar-refractivity contribution in [3.05, 3.63) is 78.1 Å². The molecule has 0 bridgehead atoms. The third-order valence-corrected chi connectivity index (χ3v) is 5.10. The number of hydrogen-bond acceptors (Lipinski definition) is 3. The smallest absolute Gasteiger partial charge is 0.258 e. The molecule has 0 aliphatic carbocycles. The van der Waals surface area contributed by atoms with Crippen LogP contribution >= 0.6 is 11.8 Å². The average Bonchev–Trinajstić information content (AvgIpc) is 3.07. The molecule has 0 atom stereocenters. The molecule has 0 radical (unpaired) electrons. The van der Waals surface area contributed by atoms with Crippen LogP contribution in [0.3, 0.4) is 0 Å². The molecule has 0 N–H and O–H groups in total. The molecule has 2 aromatic carbocycles. The highest BCUT2D eigenvalue weighted by Gasteiger charge is 2.15. The number of carbonyl (C=O) groups excluding carboxylic acids is 1. The molecule has 1 amide bonds. The van der Waals surface area contributed by atoms with E-state index in [-0.39, 0.29) is 5.91 Å². The van der Waals surface area contributed by atoms with E-state index in [0.29, 0.717) is 12.1 Å². The largest absolute Gasteiger partial charge is 0.329 e. The number of carbonyl (C=O) groups is 1. The molecule has 3 rings (SSSR count). The Morgan fingerprint density at radius 3 is 2.44 bits per heavy atom. The Labute approximate surface area is 152 Å². The Kier molecular flexibility index (Phi) is 5.56. The molecule has 3 aromatic rings. The van der Waals surface area contributed by atoms with Crippen molar-refractivity contribution in [1.29, 1.82) is 0 Å². The van der Waals surface area contributed by atoms with Gasteiger partial charge in [0.2, 0.25) is 0 Å². The SMILES string of the molecule is CCN(C(=O)c1ccc(CSc2nccn2C)cc1)c1ccccc1. The predicted octanol–water partition coefficient (Wildman–Crippen LogP) is 4.38. The van der Waals surface area contributed by atoms with Crippen molar-refractivity contribution in [1.82, 2.24) is 9.55 Å². The van der Waals surface area contributed by atoms with Crippen molar-refractivity contribution in [3.63, 3.8) is 0 Å². The number of imidazole rings is 1. The quantitative estimate of drug-likeness (QED) is 0.619. The minimum Gasteiger partial charge on any atom is -0.329 e. The van der Waals surface area contributed by atoms with Gasteiger partial charge < -0.3 is 9.47 Å². The first-order valence-electron chi connectivity index (χ1n) is 8.25. The summed E-state index contributed by atoms with van der Waals surface area (Å²) in [6.45, 7) is 2.63. The van der Waals surface area contributed by atoms with Crippen molar-refractivity contribution in [2.75, 3.05) is 11.4 Å². The van der Waals surface area contributed by atoms with Gasteiger partial charge in [-0.15, -0.1) is 0 Å². The molecule has 0 aliphatic rings. The van der Waals surface area contributed by atoms with Gasteiger partial charge in [-0.25, -0.2) is 4.98 Å². The molecular formula is C20H21N3OS. The zero-order chi connectivity index (χ0) is 17.6. The average molecular weight is 351 g/mol. The lowest BCUT2D eigenvalue weighted by molar-refractivity contribution is 0.0988. The Hall–Kier alpha value is -2.53. The maximum absolute atomic E-state index is 12.8. The highest BCUT2D eigenvalue weighted by Crippen LogP contribution is 2.22. The molecular weight excluding hydrogens is 330 g/mol. The third-order valence-electron chi connectivity index (χ3n) is 3.98. The zero-order valence-corrected chi connectivity index (χ0v) is 15.2. The fourth-order valence-corrected chi connectivity index (χ4v) is 3.48. The first-order chi connectivity index (χ1) is 12.2. The van der Waals surface area contributed by atoms with Gasteiger partial charge >= 0.3 is 0 Å². The van der Waals surface area contributed by atoms with Crippen LogP contribution in [0.1, 0.15) is 22.8 Å². The van der Waals surface area contributed by atoms with Crippen LogP contribution in [0.5, 0.6) is 0 Å². The number of nitrogens with zero attached hydrogens (tertiary/aromatic N) is 3. The molecule has 0 spiro atoms. The van der Waals surface area contributed by atoms with Gasteiger partial charge in [-0.3, -0.25) is 4.79 Å². The highest BCUT2D eigenvalue weighted by molar-refractivity contribution is 7.98. The summed E-state index contributed by atoms with van der Waals surface area (Å²) >= 11 is 1.69. The minimum absolute atomic E-state index is 0.0250. The summed E-state index contributed by atoms with van der Waals surface area (Å²) in [7, 11) is 1.99. The highest BCUT2D eigenvalue weighted by atomic mass is 32.2. The second-order valence-corrected chi connectivity index (χ2v) is 6.63. The van der Waals surface area contributed by atoms with Gasteiger partial charge in [-0.2, -0.15) is 0 Å². The molecule has 0 aliphatic heterocycles. The number of para-hydroxylation sites is 1. The van der Waals surface area contributed by atoms with Crippen LogP contribution in [0.15, 0.2) is 72.1 Å². The normalized spacial score (nSPS) is 10.6. The van der Waals surface area contributed by atoms with Gasteiger partial charge in [0.15, 0.2) is 5.16 Å². The maximum atomic E-state index is 12.8. The fourth-order valence-electron chi connectivity index (χ4n) is 2.59. The lowest BCUT2D eigenvalue weighted by Gasteiger charge is -2.21. The molecule has 1 heterocycles. The van der Waals surface area contributed by atoms with Crippen LogP contribution in [0.4, 0.5) is 5.69 Å². The number of hydrogen-bond donors (Lipinski definition) is 0. The Balaban J connectivity index is 1.68. The van der Waals surface area contributed by atoms with Crippen LogP contribution in [0.2, 0.25) is 0 Å². The number of amides is 1. The molecule has 0 saturated heterocycles. The van der Waals surface area contributed by atoms with Crippen molar-refractivity contribution in [2.45, 2.75) is 17.8 Å². The van der Waals surface area contributed by atoms with Gasteiger partial charge in [0.05, 0.1) is 0 Å². The third kappa shape index (κ3) is 4.12. The van der Waals surface area contributed by atoms with Crippen LogP contribution < -0.4 is 4.90 Å². The summed E-state index contributed by atoms with van der Waals surface area (Å²) in [4.78, 5) is 18.9. The molecule has 4 nitrogen and oxygen atoms in total. The maximum Gasteiger partial charge on any atom is 0.258 e. The van der Waals surface area contributed by atoms with Crippen molar-refractivity contribution in [3.8, 4) is 0 Å². The monoisotopic (exact) mass is 351 g/mol. The van der Waals surface area contributed by atoms with Gasteiger partial charge in [-0.1, -0.05) is 42.1 Å².